The van der Waals surface area contributed by atoms with Crippen LogP contribution in [-0.2, 0) is 21.2 Å². The van der Waals surface area contributed by atoms with Gasteiger partial charge in [-0.25, -0.2) is 8.42 Å². The fourth-order valence-corrected chi connectivity index (χ4v) is 6.94. The molecule has 1 aromatic rings. The third-order valence-corrected chi connectivity index (χ3v) is 7.86. The number of sulfone groups is 1. The van der Waals surface area contributed by atoms with Gasteiger partial charge in [-0.15, -0.1) is 0 Å². The van der Waals surface area contributed by atoms with Crippen molar-refractivity contribution in [2.75, 3.05) is 11.5 Å². The van der Waals surface area contributed by atoms with Crippen molar-refractivity contribution < 1.29 is 13.2 Å². The van der Waals surface area contributed by atoms with Crippen LogP contribution in [0.15, 0.2) is 35.3 Å². The van der Waals surface area contributed by atoms with Gasteiger partial charge >= 0.3 is 0 Å². The van der Waals surface area contributed by atoms with Crippen molar-refractivity contribution in [3.05, 3.63) is 35.9 Å². The number of aliphatic imine (C=N–C) groups is 1. The van der Waals surface area contributed by atoms with E-state index in [1.165, 1.54) is 11.8 Å². The summed E-state index contributed by atoms with van der Waals surface area (Å²) in [5.41, 5.74) is 1.09. The predicted molar refractivity (Wildman–Crippen MR) is 97.7 cm³/mol. The first kappa shape index (κ1) is 17.5. The molecule has 0 saturated carbocycles. The van der Waals surface area contributed by atoms with E-state index in [2.05, 4.69) is 4.99 Å². The highest BCUT2D eigenvalue weighted by atomic mass is 32.2. The second-order valence-electron chi connectivity index (χ2n) is 6.46. The molecule has 2 saturated heterocycles. The Balaban J connectivity index is 1.88. The Hall–Kier alpha value is -1.34. The van der Waals surface area contributed by atoms with Crippen molar-refractivity contribution in [2.45, 2.75) is 38.1 Å². The first-order chi connectivity index (χ1) is 11.4. The molecule has 0 spiro atoms. The number of thioether (sulfide) groups is 1. The molecule has 3 rings (SSSR count). The lowest BCUT2D eigenvalue weighted by molar-refractivity contribution is -0.121. The third-order valence-electron chi connectivity index (χ3n) is 4.61. The van der Waals surface area contributed by atoms with Crippen molar-refractivity contribution in [2.24, 2.45) is 10.9 Å². The largest absolute Gasteiger partial charge is 0.342 e. The summed E-state index contributed by atoms with van der Waals surface area (Å²) in [6.45, 7) is 4.42. The van der Waals surface area contributed by atoms with E-state index in [9.17, 15) is 13.2 Å². The van der Waals surface area contributed by atoms with Crippen LogP contribution in [-0.4, -0.2) is 47.2 Å². The third kappa shape index (κ3) is 3.67. The van der Waals surface area contributed by atoms with Crippen LogP contribution in [0.3, 0.4) is 0 Å². The van der Waals surface area contributed by atoms with E-state index in [0.29, 0.717) is 11.7 Å². The van der Waals surface area contributed by atoms with Crippen LogP contribution in [0, 0.1) is 5.92 Å². The van der Waals surface area contributed by atoms with Gasteiger partial charge in [-0.05, 0) is 12.0 Å². The molecule has 0 radical (unpaired) electrons. The van der Waals surface area contributed by atoms with Gasteiger partial charge in [-0.3, -0.25) is 4.79 Å². The van der Waals surface area contributed by atoms with Gasteiger partial charge in [-0.2, -0.15) is 4.99 Å². The molecule has 2 fully saturated rings. The Bertz CT molecular complexity index is 746. The quantitative estimate of drug-likeness (QED) is 0.818. The molecule has 24 heavy (non-hydrogen) atoms. The molecule has 1 aromatic carbocycles. The number of benzene rings is 1. The van der Waals surface area contributed by atoms with E-state index in [0.717, 1.165) is 12.0 Å². The van der Waals surface area contributed by atoms with E-state index in [1.54, 1.807) is 0 Å². The molecule has 0 aromatic heterocycles. The van der Waals surface area contributed by atoms with Crippen molar-refractivity contribution >= 4 is 32.7 Å². The average molecular weight is 367 g/mol. The maximum Gasteiger partial charge on any atom is 0.250 e. The van der Waals surface area contributed by atoms with Gasteiger partial charge in [0, 0.05) is 17.7 Å². The highest BCUT2D eigenvalue weighted by Crippen LogP contribution is 2.39. The summed E-state index contributed by atoms with van der Waals surface area (Å²) < 4.78 is 24.0. The van der Waals surface area contributed by atoms with E-state index in [4.69, 9.17) is 0 Å². The minimum absolute atomic E-state index is 0.0257. The summed E-state index contributed by atoms with van der Waals surface area (Å²) in [6, 6.07) is 9.80. The lowest BCUT2D eigenvalue weighted by Crippen LogP contribution is -2.37. The van der Waals surface area contributed by atoms with Gasteiger partial charge in [0.05, 0.1) is 17.5 Å². The minimum atomic E-state index is -3.01. The Morgan fingerprint density at radius 3 is 2.71 bits per heavy atom. The maximum atomic E-state index is 12.2. The number of rotatable bonds is 4. The van der Waals surface area contributed by atoms with Crippen LogP contribution in [0.1, 0.15) is 25.8 Å². The number of carbonyl (C=O) groups excluding carboxylic acids is 1. The first-order valence-corrected chi connectivity index (χ1v) is 10.9. The highest BCUT2D eigenvalue weighted by Gasteiger charge is 2.48. The summed E-state index contributed by atoms with van der Waals surface area (Å²) in [4.78, 5) is 18.6. The van der Waals surface area contributed by atoms with Gasteiger partial charge < -0.3 is 4.90 Å². The van der Waals surface area contributed by atoms with Crippen LogP contribution in [0.25, 0.3) is 0 Å². The first-order valence-electron chi connectivity index (χ1n) is 8.20. The lowest BCUT2D eigenvalue weighted by atomic mass is 10.1. The van der Waals surface area contributed by atoms with Gasteiger partial charge in [0.2, 0.25) is 0 Å². The molecule has 2 aliphatic rings. The molecule has 5 nitrogen and oxygen atoms in total. The molecular weight excluding hydrogens is 344 g/mol. The predicted octanol–water partition coefficient (Wildman–Crippen LogP) is 2.33. The molecule has 1 amide bonds. The Labute approximate surface area is 147 Å². The topological polar surface area (TPSA) is 66.8 Å². The van der Waals surface area contributed by atoms with Crippen molar-refractivity contribution in [1.82, 2.24) is 4.90 Å². The second kappa shape index (κ2) is 6.88. The molecular formula is C17H22N2O3S2. The lowest BCUT2D eigenvalue weighted by Gasteiger charge is -2.24. The summed E-state index contributed by atoms with van der Waals surface area (Å²) >= 11 is 1.44. The molecule has 3 atom stereocenters. The zero-order valence-corrected chi connectivity index (χ0v) is 15.5. The minimum Gasteiger partial charge on any atom is -0.342 e. The molecule has 0 bridgehead atoms. The van der Waals surface area contributed by atoms with Crippen LogP contribution < -0.4 is 0 Å². The molecule has 2 heterocycles. The summed E-state index contributed by atoms with van der Waals surface area (Å²) in [7, 11) is -3.01. The molecule has 0 aliphatic carbocycles. The zero-order chi connectivity index (χ0) is 17.3. The van der Waals surface area contributed by atoms with Crippen LogP contribution in [0.2, 0.25) is 0 Å². The van der Waals surface area contributed by atoms with Gasteiger partial charge in [0.1, 0.15) is 0 Å². The number of hydrogen-bond acceptors (Lipinski definition) is 4. The number of hydrogen-bond donors (Lipinski definition) is 0. The molecule has 0 unspecified atom stereocenters. The van der Waals surface area contributed by atoms with Crippen LogP contribution >= 0.6 is 11.8 Å². The number of carbonyl (C=O) groups is 1. The van der Waals surface area contributed by atoms with Crippen molar-refractivity contribution in [1.29, 1.82) is 0 Å². The summed E-state index contributed by atoms with van der Waals surface area (Å²) in [5, 5.41) is 0.649. The fourth-order valence-electron chi connectivity index (χ4n) is 2.98. The molecule has 2 aliphatic heterocycles. The normalized spacial score (nSPS) is 28.1. The van der Waals surface area contributed by atoms with Crippen LogP contribution in [0.4, 0.5) is 0 Å². The Morgan fingerprint density at radius 2 is 2.04 bits per heavy atom. The van der Waals surface area contributed by atoms with Gasteiger partial charge in [-0.1, -0.05) is 55.9 Å². The van der Waals surface area contributed by atoms with Crippen molar-refractivity contribution in [3.63, 3.8) is 0 Å². The smallest absolute Gasteiger partial charge is 0.250 e. The second-order valence-corrected chi connectivity index (χ2v) is 9.82. The van der Waals surface area contributed by atoms with E-state index in [1.807, 2.05) is 49.1 Å². The van der Waals surface area contributed by atoms with Crippen LogP contribution in [0.5, 0.6) is 0 Å². The molecule has 130 valence electrons. The van der Waals surface area contributed by atoms with E-state index < -0.39 is 9.84 Å². The Morgan fingerprint density at radius 1 is 1.33 bits per heavy atom. The monoisotopic (exact) mass is 366 g/mol. The number of amidine groups is 1. The van der Waals surface area contributed by atoms with Gasteiger partial charge in [0.15, 0.2) is 15.0 Å². The zero-order valence-electron chi connectivity index (χ0n) is 13.9. The molecule has 7 heteroatoms. The average Bonchev–Trinajstić information content (AvgIpc) is 3.00. The summed E-state index contributed by atoms with van der Waals surface area (Å²) in [6.07, 6.45) is 0.750. The standard InChI is InChI=1S/C17H22N2O3S2/c1-3-12(2)16(20)18-17-19(9-13-7-5-4-6-8-13)14-10-24(21,22)11-15(14)23-17/h4-8,12,14-15H,3,9-11H2,1-2H3/t12-,14+,15+/m0/s1. The van der Waals surface area contributed by atoms with Gasteiger partial charge in [0.25, 0.3) is 5.91 Å². The highest BCUT2D eigenvalue weighted by molar-refractivity contribution is 8.15. The maximum absolute atomic E-state index is 12.2. The number of amides is 1. The van der Waals surface area contributed by atoms with E-state index >= 15 is 0 Å². The fraction of sp³-hybridized carbons (Fsp3) is 0.529. The van der Waals surface area contributed by atoms with Crippen molar-refractivity contribution in [3.8, 4) is 0 Å². The Kier molecular flexibility index (Phi) is 5.01. The SMILES string of the molecule is CC[C@H](C)C(=O)N=C1S[C@@H]2CS(=O)(=O)C[C@H]2N1Cc1ccccc1. The number of nitrogens with zero attached hydrogens (tertiary/aromatic N) is 2. The summed E-state index contributed by atoms with van der Waals surface area (Å²) in [5.74, 6) is 0.0832. The number of fused-ring (bicyclic) bond motifs is 1. The molecule has 0 N–H and O–H groups in total. The van der Waals surface area contributed by atoms with E-state index in [-0.39, 0.29) is 34.6 Å².